The molecule has 0 radical (unpaired) electrons. The lowest BCUT2D eigenvalue weighted by atomic mass is 9.68. The average molecular weight is 413 g/mol. The van der Waals surface area contributed by atoms with E-state index in [1.807, 2.05) is 6.92 Å². The van der Waals surface area contributed by atoms with Crippen LogP contribution in [0.4, 0.5) is 4.39 Å². The van der Waals surface area contributed by atoms with E-state index in [2.05, 4.69) is 19.2 Å². The number of allylic oxidation sites excluding steroid dienone is 3. The van der Waals surface area contributed by atoms with E-state index in [-0.39, 0.29) is 29.7 Å². The van der Waals surface area contributed by atoms with E-state index in [0.29, 0.717) is 41.9 Å². The number of nitrogens with one attached hydrogen (secondary N) is 1. The number of Topliss-reactive ketones (excluding diaryl/α,β-unsaturated/α-hetero) is 1. The van der Waals surface area contributed by atoms with Gasteiger partial charge in [0.05, 0.1) is 11.7 Å². The lowest BCUT2D eigenvalue weighted by molar-refractivity contribution is -0.142. The van der Waals surface area contributed by atoms with Crippen molar-refractivity contribution in [3.05, 3.63) is 58.2 Å². The molecule has 0 saturated carbocycles. The molecule has 0 spiro atoms. The van der Waals surface area contributed by atoms with Crippen molar-refractivity contribution >= 4 is 11.8 Å². The molecular weight excluding hydrogens is 385 g/mol. The van der Waals surface area contributed by atoms with Gasteiger partial charge in [0.25, 0.3) is 0 Å². The maximum absolute atomic E-state index is 13.6. The van der Waals surface area contributed by atoms with Crippen molar-refractivity contribution in [2.75, 3.05) is 13.2 Å². The summed E-state index contributed by atoms with van der Waals surface area (Å²) in [6.45, 7) is 6.83. The molecule has 30 heavy (non-hydrogen) atoms. The second-order valence-corrected chi connectivity index (χ2v) is 9.21. The van der Waals surface area contributed by atoms with E-state index < -0.39 is 11.9 Å². The van der Waals surface area contributed by atoms with E-state index in [0.717, 1.165) is 18.5 Å². The van der Waals surface area contributed by atoms with Gasteiger partial charge in [-0.1, -0.05) is 26.0 Å². The molecular formula is C24H28FNO4. The lowest BCUT2D eigenvalue weighted by Gasteiger charge is -2.39. The van der Waals surface area contributed by atoms with Crippen LogP contribution < -0.4 is 5.32 Å². The van der Waals surface area contributed by atoms with Gasteiger partial charge in [-0.05, 0) is 49.3 Å². The number of dihydropyridines is 1. The lowest BCUT2D eigenvalue weighted by Crippen LogP contribution is -2.39. The molecule has 4 rings (SSSR count). The van der Waals surface area contributed by atoms with Gasteiger partial charge in [-0.25, -0.2) is 9.18 Å². The van der Waals surface area contributed by atoms with Crippen molar-refractivity contribution in [2.45, 2.75) is 58.5 Å². The molecule has 2 aliphatic heterocycles. The molecule has 3 aliphatic rings. The van der Waals surface area contributed by atoms with Crippen LogP contribution in [-0.2, 0) is 19.1 Å². The highest BCUT2D eigenvalue weighted by Crippen LogP contribution is 2.46. The number of ether oxygens (including phenoxy) is 2. The van der Waals surface area contributed by atoms with Gasteiger partial charge in [-0.15, -0.1) is 0 Å². The van der Waals surface area contributed by atoms with Crippen molar-refractivity contribution in [1.82, 2.24) is 5.32 Å². The van der Waals surface area contributed by atoms with Crippen LogP contribution in [0.25, 0.3) is 0 Å². The zero-order chi connectivity index (χ0) is 21.5. The normalized spacial score (nSPS) is 25.8. The molecule has 5 nitrogen and oxygen atoms in total. The third kappa shape index (κ3) is 4.06. The number of esters is 1. The molecule has 160 valence electrons. The number of carbonyl (C=O) groups excluding carboxylic acids is 2. The molecule has 1 N–H and O–H groups in total. The number of benzene rings is 1. The van der Waals surface area contributed by atoms with Crippen molar-refractivity contribution in [3.63, 3.8) is 0 Å². The molecule has 6 heteroatoms. The van der Waals surface area contributed by atoms with E-state index in [4.69, 9.17) is 9.47 Å². The van der Waals surface area contributed by atoms with Gasteiger partial charge < -0.3 is 14.8 Å². The van der Waals surface area contributed by atoms with E-state index >= 15 is 0 Å². The van der Waals surface area contributed by atoms with Gasteiger partial charge in [0.1, 0.15) is 12.4 Å². The van der Waals surface area contributed by atoms with Crippen LogP contribution in [0.15, 0.2) is 46.8 Å². The summed E-state index contributed by atoms with van der Waals surface area (Å²) in [6, 6.07) is 6.01. The summed E-state index contributed by atoms with van der Waals surface area (Å²) >= 11 is 0. The number of ketones is 1. The third-order valence-corrected chi connectivity index (χ3v) is 6.09. The van der Waals surface area contributed by atoms with Gasteiger partial charge in [0.2, 0.25) is 0 Å². The minimum atomic E-state index is -0.567. The smallest absolute Gasteiger partial charge is 0.336 e. The topological polar surface area (TPSA) is 64.6 Å². The van der Waals surface area contributed by atoms with Crippen LogP contribution in [0.3, 0.4) is 0 Å². The number of hydrogen-bond donors (Lipinski definition) is 1. The molecule has 0 aromatic heterocycles. The molecule has 0 unspecified atom stereocenters. The van der Waals surface area contributed by atoms with E-state index in [1.165, 1.54) is 12.1 Å². The fourth-order valence-electron chi connectivity index (χ4n) is 4.72. The quantitative estimate of drug-likeness (QED) is 0.752. The maximum Gasteiger partial charge on any atom is 0.336 e. The highest BCUT2D eigenvalue weighted by Gasteiger charge is 2.43. The SMILES string of the molecule is CC1=C(C(=O)OC[C@H]2CCCO2)[C@@H](c2ccc(F)cc2)C2=C(CC(C)(C)CC2=O)N1. The van der Waals surface area contributed by atoms with E-state index in [9.17, 15) is 14.0 Å². The van der Waals surface area contributed by atoms with Gasteiger partial charge in [0, 0.05) is 35.9 Å². The number of halogens is 1. The predicted octanol–water partition coefficient (Wildman–Crippen LogP) is 4.15. The summed E-state index contributed by atoms with van der Waals surface area (Å²) in [5, 5.41) is 3.31. The Morgan fingerprint density at radius 1 is 1.27 bits per heavy atom. The highest BCUT2D eigenvalue weighted by molar-refractivity contribution is 6.04. The van der Waals surface area contributed by atoms with Crippen molar-refractivity contribution in [2.24, 2.45) is 5.41 Å². The standard InChI is InChI=1S/C24H28FNO4/c1-14-20(23(28)30-13-17-5-4-10-29-17)21(15-6-8-16(25)9-7-15)22-18(26-14)11-24(2,3)12-19(22)27/h6-9,17,21,26H,4-5,10-13H2,1-3H3/t17-,21-/m1/s1. The summed E-state index contributed by atoms with van der Waals surface area (Å²) in [5.74, 6) is -1.38. The average Bonchev–Trinajstić information content (AvgIpc) is 3.18. The molecule has 1 fully saturated rings. The third-order valence-electron chi connectivity index (χ3n) is 6.09. The Labute approximate surface area is 176 Å². The highest BCUT2D eigenvalue weighted by atomic mass is 19.1. The first-order chi connectivity index (χ1) is 14.2. The molecule has 2 atom stereocenters. The Morgan fingerprint density at radius 3 is 2.67 bits per heavy atom. The van der Waals surface area contributed by atoms with Crippen LogP contribution in [0.5, 0.6) is 0 Å². The summed E-state index contributed by atoms with van der Waals surface area (Å²) in [5.41, 5.74) is 3.07. The first kappa shape index (κ1) is 20.8. The van der Waals surface area contributed by atoms with Crippen molar-refractivity contribution in [1.29, 1.82) is 0 Å². The summed E-state index contributed by atoms with van der Waals surface area (Å²) < 4.78 is 24.7. The predicted molar refractivity (Wildman–Crippen MR) is 110 cm³/mol. The zero-order valence-electron chi connectivity index (χ0n) is 17.7. The number of hydrogen-bond acceptors (Lipinski definition) is 5. The fourth-order valence-corrected chi connectivity index (χ4v) is 4.72. The molecule has 1 saturated heterocycles. The largest absolute Gasteiger partial charge is 0.459 e. The number of rotatable bonds is 4. The maximum atomic E-state index is 13.6. The Morgan fingerprint density at radius 2 is 2.00 bits per heavy atom. The zero-order valence-corrected chi connectivity index (χ0v) is 17.7. The van der Waals surface area contributed by atoms with E-state index in [1.54, 1.807) is 12.1 Å². The molecule has 0 amide bonds. The summed E-state index contributed by atoms with van der Waals surface area (Å²) in [7, 11) is 0. The number of carbonyl (C=O) groups is 2. The Balaban J connectivity index is 1.71. The summed E-state index contributed by atoms with van der Waals surface area (Å²) in [6.07, 6.45) is 2.87. The van der Waals surface area contributed by atoms with Gasteiger partial charge >= 0.3 is 5.97 Å². The molecule has 0 bridgehead atoms. The first-order valence-electron chi connectivity index (χ1n) is 10.5. The van der Waals surface area contributed by atoms with Crippen molar-refractivity contribution < 1.29 is 23.5 Å². The van der Waals surface area contributed by atoms with Crippen LogP contribution in [0.2, 0.25) is 0 Å². The van der Waals surface area contributed by atoms with Crippen molar-refractivity contribution in [3.8, 4) is 0 Å². The van der Waals surface area contributed by atoms with Gasteiger partial charge in [0.15, 0.2) is 5.78 Å². The summed E-state index contributed by atoms with van der Waals surface area (Å²) in [4.78, 5) is 26.3. The minimum absolute atomic E-state index is 0.0139. The molecule has 2 heterocycles. The molecule has 1 aliphatic carbocycles. The Kier molecular flexibility index (Phi) is 5.53. The second kappa shape index (κ2) is 7.99. The fraction of sp³-hybridized carbons (Fsp3) is 0.500. The second-order valence-electron chi connectivity index (χ2n) is 9.21. The first-order valence-corrected chi connectivity index (χ1v) is 10.5. The van der Waals surface area contributed by atoms with Gasteiger partial charge in [-0.3, -0.25) is 4.79 Å². The molecule has 1 aromatic carbocycles. The van der Waals surface area contributed by atoms with Crippen LogP contribution in [0.1, 0.15) is 57.9 Å². The monoisotopic (exact) mass is 413 g/mol. The van der Waals surface area contributed by atoms with Crippen LogP contribution in [-0.4, -0.2) is 31.1 Å². The Hall–Kier alpha value is -2.47. The van der Waals surface area contributed by atoms with Gasteiger partial charge in [-0.2, -0.15) is 0 Å². The molecule has 1 aromatic rings. The van der Waals surface area contributed by atoms with Crippen LogP contribution in [0, 0.1) is 11.2 Å². The Bertz CT molecular complexity index is 923. The minimum Gasteiger partial charge on any atom is -0.459 e. The van der Waals surface area contributed by atoms with Crippen LogP contribution >= 0.6 is 0 Å².